The van der Waals surface area contributed by atoms with Gasteiger partial charge in [-0.05, 0) is 60.8 Å². The molecule has 1 aromatic carbocycles. The highest BCUT2D eigenvalue weighted by atomic mass is 79.9. The molecule has 0 bridgehead atoms. The quantitative estimate of drug-likeness (QED) is 0.764. The highest BCUT2D eigenvalue weighted by molar-refractivity contribution is 9.10. The number of thioether (sulfide) groups is 1. The molecule has 1 aliphatic heterocycles. The Morgan fingerprint density at radius 2 is 2.17 bits per heavy atom. The number of nitrogens with one attached hydrogen (secondary N) is 1. The number of hydrogen-bond acceptors (Lipinski definition) is 3. The van der Waals surface area contributed by atoms with Gasteiger partial charge in [-0.1, -0.05) is 23.4 Å². The molecule has 0 spiro atoms. The molecule has 18 heavy (non-hydrogen) atoms. The van der Waals surface area contributed by atoms with Crippen LogP contribution >= 0.6 is 39.3 Å². The minimum absolute atomic E-state index is 0.0224. The Bertz CT molecular complexity index is 500. The van der Waals surface area contributed by atoms with Crippen LogP contribution < -0.4 is 5.32 Å². The maximum absolute atomic E-state index is 6.15. The number of aliphatic imine (C=N–C) groups is 1. The van der Waals surface area contributed by atoms with Crippen LogP contribution in [0.25, 0.3) is 0 Å². The largest absolute Gasteiger partial charge is 0.334 e. The molecular formula is C13H16BrClN2S. The first-order valence-corrected chi connectivity index (χ1v) is 7.98. The minimum atomic E-state index is 0.0224. The molecule has 2 rings (SSSR count). The van der Waals surface area contributed by atoms with E-state index in [2.05, 4.69) is 35.1 Å². The Morgan fingerprint density at radius 1 is 1.44 bits per heavy atom. The second kappa shape index (κ2) is 5.43. The van der Waals surface area contributed by atoms with Gasteiger partial charge in [-0.15, -0.1) is 0 Å². The number of aryl methyl sites for hydroxylation is 1. The molecule has 1 N–H and O–H groups in total. The second-order valence-electron chi connectivity index (χ2n) is 5.03. The van der Waals surface area contributed by atoms with E-state index in [-0.39, 0.29) is 5.54 Å². The Kier molecular flexibility index (Phi) is 4.29. The van der Waals surface area contributed by atoms with Crippen LogP contribution in [-0.4, -0.2) is 16.5 Å². The smallest absolute Gasteiger partial charge is 0.161 e. The van der Waals surface area contributed by atoms with E-state index >= 15 is 0 Å². The van der Waals surface area contributed by atoms with Crippen molar-refractivity contribution in [2.75, 3.05) is 11.1 Å². The van der Waals surface area contributed by atoms with Crippen LogP contribution in [0.4, 0.5) is 5.69 Å². The fourth-order valence-corrected chi connectivity index (χ4v) is 3.69. The van der Waals surface area contributed by atoms with Gasteiger partial charge in [-0.3, -0.25) is 4.99 Å². The number of hydrogen-bond donors (Lipinski definition) is 1. The van der Waals surface area contributed by atoms with Crippen molar-refractivity contribution >= 4 is 50.1 Å². The van der Waals surface area contributed by atoms with Crippen molar-refractivity contribution in [1.29, 1.82) is 0 Å². The number of benzene rings is 1. The molecule has 0 aliphatic carbocycles. The standard InChI is InChI=1S/C13H16BrClN2S/c1-8-6-9(14)11(7-10(8)15)16-12-17-13(2,3)4-5-18-12/h6-7H,4-5H2,1-3H3,(H,16,17). The molecule has 1 aliphatic rings. The number of amidine groups is 1. The lowest BCUT2D eigenvalue weighted by molar-refractivity contribution is 0.507. The zero-order valence-electron chi connectivity index (χ0n) is 10.7. The van der Waals surface area contributed by atoms with Crippen molar-refractivity contribution in [3.63, 3.8) is 0 Å². The molecule has 0 amide bonds. The molecule has 0 unspecified atom stereocenters. The molecule has 0 saturated carbocycles. The van der Waals surface area contributed by atoms with Crippen LogP contribution in [0.3, 0.4) is 0 Å². The third kappa shape index (κ3) is 3.43. The summed E-state index contributed by atoms with van der Waals surface area (Å²) in [5, 5.41) is 5.08. The lowest BCUT2D eigenvalue weighted by Crippen LogP contribution is -2.27. The summed E-state index contributed by atoms with van der Waals surface area (Å²) in [6.07, 6.45) is 1.11. The summed E-state index contributed by atoms with van der Waals surface area (Å²) in [6, 6.07) is 3.95. The van der Waals surface area contributed by atoms with Crippen molar-refractivity contribution in [1.82, 2.24) is 0 Å². The first kappa shape index (κ1) is 14.2. The van der Waals surface area contributed by atoms with E-state index in [0.717, 1.165) is 38.1 Å². The summed E-state index contributed by atoms with van der Waals surface area (Å²) < 4.78 is 1.01. The van der Waals surface area contributed by atoms with Gasteiger partial charge in [0.05, 0.1) is 11.2 Å². The van der Waals surface area contributed by atoms with Gasteiger partial charge >= 0.3 is 0 Å². The van der Waals surface area contributed by atoms with Crippen LogP contribution in [-0.2, 0) is 0 Å². The summed E-state index contributed by atoms with van der Waals surface area (Å²) in [5.41, 5.74) is 2.05. The Labute approximate surface area is 126 Å². The maximum Gasteiger partial charge on any atom is 0.161 e. The van der Waals surface area contributed by atoms with Gasteiger partial charge in [0.1, 0.15) is 0 Å². The average molecular weight is 348 g/mol. The average Bonchev–Trinajstić information content (AvgIpc) is 2.24. The van der Waals surface area contributed by atoms with Crippen molar-refractivity contribution in [2.45, 2.75) is 32.7 Å². The molecule has 0 radical (unpaired) electrons. The Morgan fingerprint density at radius 3 is 2.83 bits per heavy atom. The first-order chi connectivity index (χ1) is 8.37. The monoisotopic (exact) mass is 346 g/mol. The Hall–Kier alpha value is -0.190. The highest BCUT2D eigenvalue weighted by Gasteiger charge is 2.22. The molecule has 0 aromatic heterocycles. The normalized spacial score (nSPS) is 18.4. The van der Waals surface area contributed by atoms with E-state index in [4.69, 9.17) is 16.6 Å². The molecular weight excluding hydrogens is 332 g/mol. The van der Waals surface area contributed by atoms with E-state index in [1.54, 1.807) is 11.8 Å². The molecule has 98 valence electrons. The second-order valence-corrected chi connectivity index (χ2v) is 7.38. The van der Waals surface area contributed by atoms with Gasteiger partial charge < -0.3 is 5.32 Å². The van der Waals surface area contributed by atoms with Crippen LogP contribution in [0, 0.1) is 6.92 Å². The van der Waals surface area contributed by atoms with Gasteiger partial charge in [-0.25, -0.2) is 0 Å². The molecule has 5 heteroatoms. The summed E-state index contributed by atoms with van der Waals surface area (Å²) in [7, 11) is 0. The number of halogens is 2. The Balaban J connectivity index is 2.24. The van der Waals surface area contributed by atoms with Gasteiger partial charge in [0.25, 0.3) is 0 Å². The summed E-state index contributed by atoms with van der Waals surface area (Å²) in [4.78, 5) is 4.71. The maximum atomic E-state index is 6.15. The van der Waals surface area contributed by atoms with Gasteiger partial charge in [0.15, 0.2) is 5.17 Å². The number of rotatable bonds is 1. The van der Waals surface area contributed by atoms with Crippen molar-refractivity contribution < 1.29 is 0 Å². The fourth-order valence-electron chi connectivity index (χ4n) is 1.68. The van der Waals surface area contributed by atoms with Crippen LogP contribution in [0.5, 0.6) is 0 Å². The zero-order chi connectivity index (χ0) is 13.3. The van der Waals surface area contributed by atoms with E-state index in [9.17, 15) is 0 Å². The summed E-state index contributed by atoms with van der Waals surface area (Å²) in [5.74, 6) is 1.09. The van der Waals surface area contributed by atoms with Crippen molar-refractivity contribution in [3.8, 4) is 0 Å². The van der Waals surface area contributed by atoms with E-state index in [1.165, 1.54) is 0 Å². The van der Waals surface area contributed by atoms with Gasteiger partial charge in [-0.2, -0.15) is 0 Å². The zero-order valence-corrected chi connectivity index (χ0v) is 13.8. The summed E-state index contributed by atoms with van der Waals surface area (Å²) in [6.45, 7) is 6.31. The van der Waals surface area contributed by atoms with E-state index in [0.29, 0.717) is 0 Å². The molecule has 0 atom stereocenters. The molecule has 2 nitrogen and oxygen atoms in total. The summed E-state index contributed by atoms with van der Waals surface area (Å²) >= 11 is 11.5. The van der Waals surface area contributed by atoms with Crippen LogP contribution in [0.15, 0.2) is 21.6 Å². The predicted molar refractivity (Wildman–Crippen MR) is 86.1 cm³/mol. The predicted octanol–water partition coefficient (Wildman–Crippen LogP) is 5.09. The molecule has 1 aromatic rings. The minimum Gasteiger partial charge on any atom is -0.334 e. The van der Waals surface area contributed by atoms with Gasteiger partial charge in [0.2, 0.25) is 0 Å². The molecule has 1 heterocycles. The molecule has 0 saturated heterocycles. The number of nitrogens with zero attached hydrogens (tertiary/aromatic N) is 1. The first-order valence-electron chi connectivity index (χ1n) is 5.83. The lowest BCUT2D eigenvalue weighted by atomic mass is 10.0. The van der Waals surface area contributed by atoms with Crippen molar-refractivity contribution in [2.24, 2.45) is 4.99 Å². The van der Waals surface area contributed by atoms with E-state index < -0.39 is 0 Å². The lowest BCUT2D eigenvalue weighted by Gasteiger charge is -2.26. The topological polar surface area (TPSA) is 24.4 Å². The third-order valence-corrected chi connectivity index (χ3v) is 4.79. The number of anilines is 1. The third-order valence-electron chi connectivity index (χ3n) is 2.85. The van der Waals surface area contributed by atoms with Crippen LogP contribution in [0.2, 0.25) is 5.02 Å². The fraction of sp³-hybridized carbons (Fsp3) is 0.462. The highest BCUT2D eigenvalue weighted by Crippen LogP contribution is 2.32. The molecule has 0 fully saturated rings. The van der Waals surface area contributed by atoms with Crippen LogP contribution in [0.1, 0.15) is 25.8 Å². The van der Waals surface area contributed by atoms with Crippen molar-refractivity contribution in [3.05, 3.63) is 27.2 Å². The van der Waals surface area contributed by atoms with E-state index in [1.807, 2.05) is 19.1 Å². The SMILES string of the molecule is Cc1cc(Br)c(NC2=NC(C)(C)CCS2)cc1Cl. The van der Waals surface area contributed by atoms with Gasteiger partial charge in [0, 0.05) is 15.2 Å².